The number of rotatable bonds is 4. The molecule has 0 bridgehead atoms. The summed E-state index contributed by atoms with van der Waals surface area (Å²) in [4.78, 5) is 3.32. The lowest BCUT2D eigenvalue weighted by atomic mass is 10.2. The monoisotopic (exact) mass is 276 g/mol. The Kier molecular flexibility index (Phi) is 3.13. The van der Waals surface area contributed by atoms with E-state index in [0.717, 1.165) is 27.5 Å². The standard InChI is InChI=1S/C15H20N2OS/c1-9(2)18-13-6-4-5-12-14(13)16-15(19)17(12)10(3)11-7-8-11/h4-6,9-11H,7-8H2,1-3H3,(H,16,19). The van der Waals surface area contributed by atoms with E-state index in [1.54, 1.807) is 0 Å². The molecule has 1 unspecified atom stereocenters. The van der Waals surface area contributed by atoms with E-state index in [1.807, 2.05) is 26.0 Å². The van der Waals surface area contributed by atoms with Crippen LogP contribution in [0.25, 0.3) is 11.0 Å². The number of aromatic nitrogens is 2. The predicted molar refractivity (Wildman–Crippen MR) is 80.3 cm³/mol. The molecule has 1 atom stereocenters. The number of aromatic amines is 1. The van der Waals surface area contributed by atoms with Crippen molar-refractivity contribution in [2.75, 3.05) is 0 Å². The van der Waals surface area contributed by atoms with Gasteiger partial charge < -0.3 is 14.3 Å². The van der Waals surface area contributed by atoms with Crippen LogP contribution in [-0.4, -0.2) is 15.7 Å². The highest BCUT2D eigenvalue weighted by Gasteiger charge is 2.30. The molecule has 4 heteroatoms. The van der Waals surface area contributed by atoms with Crippen molar-refractivity contribution in [2.45, 2.75) is 45.8 Å². The molecule has 19 heavy (non-hydrogen) atoms. The van der Waals surface area contributed by atoms with Gasteiger partial charge >= 0.3 is 0 Å². The Labute approximate surface area is 118 Å². The van der Waals surface area contributed by atoms with E-state index < -0.39 is 0 Å². The molecule has 0 amide bonds. The van der Waals surface area contributed by atoms with Crippen LogP contribution >= 0.6 is 12.2 Å². The van der Waals surface area contributed by atoms with Gasteiger partial charge in [-0.1, -0.05) is 6.07 Å². The summed E-state index contributed by atoms with van der Waals surface area (Å²) in [6, 6.07) is 6.63. The van der Waals surface area contributed by atoms with Crippen LogP contribution in [0.2, 0.25) is 0 Å². The lowest BCUT2D eigenvalue weighted by Gasteiger charge is -2.14. The van der Waals surface area contributed by atoms with E-state index in [1.165, 1.54) is 12.8 Å². The molecule has 1 saturated carbocycles. The zero-order valence-electron chi connectivity index (χ0n) is 11.6. The summed E-state index contributed by atoms with van der Waals surface area (Å²) in [6.07, 6.45) is 2.80. The second kappa shape index (κ2) is 4.67. The van der Waals surface area contributed by atoms with Crippen LogP contribution in [0, 0.1) is 10.7 Å². The molecule has 1 aliphatic rings. The van der Waals surface area contributed by atoms with E-state index in [4.69, 9.17) is 17.0 Å². The van der Waals surface area contributed by atoms with Crippen molar-refractivity contribution in [3.05, 3.63) is 23.0 Å². The molecule has 3 nitrogen and oxygen atoms in total. The van der Waals surface area contributed by atoms with Gasteiger partial charge in [0.1, 0.15) is 11.3 Å². The number of nitrogens with zero attached hydrogens (tertiary/aromatic N) is 1. The summed E-state index contributed by atoms with van der Waals surface area (Å²) < 4.78 is 8.91. The van der Waals surface area contributed by atoms with Crippen LogP contribution in [0.1, 0.15) is 39.7 Å². The second-order valence-corrected chi connectivity index (χ2v) is 6.08. The van der Waals surface area contributed by atoms with E-state index >= 15 is 0 Å². The van der Waals surface area contributed by atoms with Gasteiger partial charge in [0.15, 0.2) is 4.77 Å². The highest BCUT2D eigenvalue weighted by molar-refractivity contribution is 7.71. The molecule has 1 N–H and O–H groups in total. The van der Waals surface area contributed by atoms with Crippen LogP contribution in [0.4, 0.5) is 0 Å². The van der Waals surface area contributed by atoms with Crippen LogP contribution in [0.5, 0.6) is 5.75 Å². The first-order valence-electron chi connectivity index (χ1n) is 6.98. The fourth-order valence-electron chi connectivity index (χ4n) is 2.67. The fourth-order valence-corrected chi connectivity index (χ4v) is 3.04. The number of hydrogen-bond donors (Lipinski definition) is 1. The lowest BCUT2D eigenvalue weighted by Crippen LogP contribution is -2.07. The van der Waals surface area contributed by atoms with Crippen LogP contribution in [0.3, 0.4) is 0 Å². The van der Waals surface area contributed by atoms with Gasteiger partial charge in [-0.25, -0.2) is 0 Å². The van der Waals surface area contributed by atoms with E-state index in [9.17, 15) is 0 Å². The maximum Gasteiger partial charge on any atom is 0.178 e. The summed E-state index contributed by atoms with van der Waals surface area (Å²) in [7, 11) is 0. The molecule has 0 radical (unpaired) electrons. The van der Waals surface area contributed by atoms with E-state index in [0.29, 0.717) is 6.04 Å². The van der Waals surface area contributed by atoms with E-state index in [-0.39, 0.29) is 6.10 Å². The van der Waals surface area contributed by atoms with Crippen LogP contribution in [-0.2, 0) is 0 Å². The largest absolute Gasteiger partial charge is 0.489 e. The third-order valence-corrected chi connectivity index (χ3v) is 4.09. The Balaban J connectivity index is 2.13. The summed E-state index contributed by atoms with van der Waals surface area (Å²) >= 11 is 5.50. The minimum Gasteiger partial charge on any atom is -0.489 e. The van der Waals surface area contributed by atoms with Crippen LogP contribution in [0.15, 0.2) is 18.2 Å². The molecule has 0 saturated heterocycles. The maximum atomic E-state index is 5.86. The number of imidazole rings is 1. The molecule has 1 aromatic heterocycles. The van der Waals surface area contributed by atoms with Crippen molar-refractivity contribution in [2.24, 2.45) is 5.92 Å². The summed E-state index contributed by atoms with van der Waals surface area (Å²) in [5.74, 6) is 1.67. The Morgan fingerprint density at radius 1 is 1.32 bits per heavy atom. The molecule has 102 valence electrons. The van der Waals surface area contributed by atoms with Crippen molar-refractivity contribution in [1.82, 2.24) is 9.55 Å². The van der Waals surface area contributed by atoms with Gasteiger partial charge in [-0.2, -0.15) is 0 Å². The first kappa shape index (κ1) is 12.7. The topological polar surface area (TPSA) is 29.9 Å². The van der Waals surface area contributed by atoms with Crippen molar-refractivity contribution < 1.29 is 4.74 Å². The Morgan fingerprint density at radius 2 is 2.05 bits per heavy atom. The third kappa shape index (κ3) is 2.29. The lowest BCUT2D eigenvalue weighted by molar-refractivity contribution is 0.245. The average molecular weight is 276 g/mol. The van der Waals surface area contributed by atoms with Gasteiger partial charge in [0.05, 0.1) is 11.6 Å². The Bertz CT molecular complexity index is 652. The Morgan fingerprint density at radius 3 is 2.68 bits per heavy atom. The molecule has 0 aliphatic heterocycles. The number of fused-ring (bicyclic) bond motifs is 1. The molecule has 1 aromatic carbocycles. The van der Waals surface area contributed by atoms with E-state index in [2.05, 4.69) is 22.5 Å². The normalized spacial score (nSPS) is 17.1. The molecule has 0 spiro atoms. The molecule has 2 aromatic rings. The molecule has 3 rings (SSSR count). The average Bonchev–Trinajstić information content (AvgIpc) is 3.12. The minimum absolute atomic E-state index is 0.164. The summed E-state index contributed by atoms with van der Waals surface area (Å²) in [5, 5.41) is 0. The highest BCUT2D eigenvalue weighted by Crippen LogP contribution is 2.41. The van der Waals surface area contributed by atoms with Crippen molar-refractivity contribution in [1.29, 1.82) is 0 Å². The van der Waals surface area contributed by atoms with Gasteiger partial charge in [0.2, 0.25) is 0 Å². The molecular formula is C15H20N2OS. The van der Waals surface area contributed by atoms with Gasteiger partial charge in [-0.05, 0) is 63.9 Å². The number of benzene rings is 1. The molecular weight excluding hydrogens is 256 g/mol. The summed E-state index contributed by atoms with van der Waals surface area (Å²) in [6.45, 7) is 6.34. The minimum atomic E-state index is 0.164. The molecule has 1 aliphatic carbocycles. The Hall–Kier alpha value is -1.29. The maximum absolute atomic E-state index is 5.86. The van der Waals surface area contributed by atoms with Crippen LogP contribution < -0.4 is 4.74 Å². The van der Waals surface area contributed by atoms with Gasteiger partial charge in [0, 0.05) is 6.04 Å². The number of nitrogens with one attached hydrogen (secondary N) is 1. The van der Waals surface area contributed by atoms with Crippen molar-refractivity contribution in [3.8, 4) is 5.75 Å². The zero-order valence-corrected chi connectivity index (χ0v) is 12.5. The second-order valence-electron chi connectivity index (χ2n) is 5.70. The SMILES string of the molecule is CC(C)Oc1cccc2c1[nH]c(=S)n2C(C)C1CC1. The predicted octanol–water partition coefficient (Wildman–Crippen LogP) is 4.46. The number of para-hydroxylation sites is 1. The quantitative estimate of drug-likeness (QED) is 0.836. The highest BCUT2D eigenvalue weighted by atomic mass is 32.1. The van der Waals surface area contributed by atoms with Gasteiger partial charge in [0.25, 0.3) is 0 Å². The fraction of sp³-hybridized carbons (Fsp3) is 0.533. The van der Waals surface area contributed by atoms with Crippen molar-refractivity contribution in [3.63, 3.8) is 0 Å². The summed E-state index contributed by atoms with van der Waals surface area (Å²) in [5.41, 5.74) is 2.18. The first-order chi connectivity index (χ1) is 9.08. The number of hydrogen-bond acceptors (Lipinski definition) is 2. The molecule has 1 heterocycles. The third-order valence-electron chi connectivity index (χ3n) is 3.79. The zero-order chi connectivity index (χ0) is 13.6. The van der Waals surface area contributed by atoms with Gasteiger partial charge in [-0.15, -0.1) is 0 Å². The van der Waals surface area contributed by atoms with Crippen molar-refractivity contribution >= 4 is 23.3 Å². The first-order valence-corrected chi connectivity index (χ1v) is 7.38. The number of H-pyrrole nitrogens is 1. The van der Waals surface area contributed by atoms with Gasteiger partial charge in [-0.3, -0.25) is 0 Å². The molecule has 1 fully saturated rings. The number of ether oxygens (including phenoxy) is 1. The smallest absolute Gasteiger partial charge is 0.178 e.